The normalized spacial score (nSPS) is 26.4. The van der Waals surface area contributed by atoms with E-state index in [9.17, 15) is 57.7 Å². The van der Waals surface area contributed by atoms with E-state index < -0.39 is 83.4 Å². The Morgan fingerprint density at radius 2 is 1.66 bits per heavy atom. The Balaban J connectivity index is 0.774. The first-order valence-electron chi connectivity index (χ1n) is 29.6. The molecule has 9 N–H and O–H groups in total. The van der Waals surface area contributed by atoms with Crippen LogP contribution in [0, 0.1) is 23.2 Å². The van der Waals surface area contributed by atoms with Crippen LogP contribution in [0.4, 0.5) is 15.7 Å². The van der Waals surface area contributed by atoms with Gasteiger partial charge in [0.05, 0.1) is 34.4 Å². The number of carbonyl (C=O) groups is 4. The van der Waals surface area contributed by atoms with Crippen molar-refractivity contribution in [1.82, 2.24) is 24.6 Å². The van der Waals surface area contributed by atoms with Crippen LogP contribution in [0.3, 0.4) is 0 Å². The van der Waals surface area contributed by atoms with Crippen LogP contribution in [-0.4, -0.2) is 162 Å². The van der Waals surface area contributed by atoms with Gasteiger partial charge in [-0.15, -0.1) is 0 Å². The molecule has 5 heterocycles. The molecule has 24 nitrogen and oxygen atoms in total. The summed E-state index contributed by atoms with van der Waals surface area (Å²) in [5.41, 5.74) is 10.4. The van der Waals surface area contributed by atoms with Crippen molar-refractivity contribution in [3.05, 3.63) is 118 Å². The number of pyridine rings is 1. The van der Waals surface area contributed by atoms with Crippen molar-refractivity contribution in [1.29, 1.82) is 0 Å². The van der Waals surface area contributed by atoms with Gasteiger partial charge in [-0.1, -0.05) is 61.6 Å². The van der Waals surface area contributed by atoms with E-state index in [1.165, 1.54) is 11.3 Å². The molecule has 470 valence electrons. The number of thiazole rings is 1. The number of carboxylic acids is 2. The number of unbranched alkanes of at least 4 members (excludes halogenated alkanes) is 1. The molecule has 3 aromatic carbocycles. The summed E-state index contributed by atoms with van der Waals surface area (Å²) in [6, 6.07) is 21.9. The van der Waals surface area contributed by atoms with E-state index in [-0.39, 0.29) is 52.3 Å². The molecule has 3 aromatic heterocycles. The topological polar surface area (TPSA) is 349 Å². The maximum absolute atomic E-state index is 14.0. The number of carbonyl (C=O) groups excluding carboxylic acids is 2. The molecule has 0 radical (unpaired) electrons. The Morgan fingerprint density at radius 3 is 2.39 bits per heavy atom. The Hall–Kier alpha value is -7.14. The summed E-state index contributed by atoms with van der Waals surface area (Å²) in [7, 11) is -4.55. The maximum Gasteiger partial charge on any atom is 0.410 e. The van der Waals surface area contributed by atoms with Gasteiger partial charge in [0.1, 0.15) is 36.5 Å². The fourth-order valence-electron chi connectivity index (χ4n) is 15.3. The van der Waals surface area contributed by atoms with E-state index in [1.807, 2.05) is 59.0 Å². The molecule has 1 saturated heterocycles. The number of hydrogen-bond acceptors (Lipinski definition) is 19. The number of hydrogen-bond donors (Lipinski definition) is 8. The summed E-state index contributed by atoms with van der Waals surface area (Å²) in [5.74, 6) is -3.40. The third kappa shape index (κ3) is 13.3. The average molecular weight is 1250 g/mol. The lowest BCUT2D eigenvalue weighted by atomic mass is 9.39. The van der Waals surface area contributed by atoms with Gasteiger partial charge in [-0.25, -0.2) is 24.4 Å². The summed E-state index contributed by atoms with van der Waals surface area (Å²) in [4.78, 5) is 65.3. The number of benzene rings is 3. The lowest BCUT2D eigenvalue weighted by molar-refractivity contribution is -0.271. The van der Waals surface area contributed by atoms with E-state index in [4.69, 9.17) is 34.8 Å². The SMILES string of the molecule is Cc1c(-c2ccc(N3CCc4cccc(C(=O)Nc5nc6ccccc6s5)c4C3)nc2C(=O)O)cnn1CC12CC3(C)CC(C)(C1)CC(OCCN(CCS(=O)(=O)O)C(=O)OCc1ccc(CCCCN)cc1O[C@@H]1O[C@H](C(=O)O)[C@@H](O)[C@H](O)[C@H]1O)(C3)C2. The Kier molecular flexibility index (Phi) is 17.5. The van der Waals surface area contributed by atoms with Gasteiger partial charge in [-0.2, -0.15) is 13.5 Å². The molecule has 7 atom stereocenters. The zero-order chi connectivity index (χ0) is 62.5. The van der Waals surface area contributed by atoms with Crippen LogP contribution in [0.25, 0.3) is 21.3 Å². The Morgan fingerprint density at radius 1 is 0.886 bits per heavy atom. The number of nitrogens with zero attached hydrogens (tertiary/aromatic N) is 6. The van der Waals surface area contributed by atoms with Gasteiger partial charge in [0.25, 0.3) is 16.0 Å². The summed E-state index contributed by atoms with van der Waals surface area (Å²) < 4.78 is 61.0. The number of aliphatic carboxylic acids is 1. The molecule has 4 saturated carbocycles. The number of fused-ring (bicyclic) bond motifs is 2. The second-order valence-electron chi connectivity index (χ2n) is 25.3. The highest BCUT2D eigenvalue weighted by Crippen LogP contribution is 2.72. The maximum atomic E-state index is 14.0. The molecule has 0 spiro atoms. The van der Waals surface area contributed by atoms with Crippen LogP contribution >= 0.6 is 11.3 Å². The molecule has 2 aliphatic heterocycles. The van der Waals surface area contributed by atoms with Gasteiger partial charge < -0.3 is 60.0 Å². The highest BCUT2D eigenvalue weighted by molar-refractivity contribution is 7.85. The number of aromatic carboxylic acids is 1. The van der Waals surface area contributed by atoms with Gasteiger partial charge in [0.15, 0.2) is 16.9 Å². The number of anilines is 2. The summed E-state index contributed by atoms with van der Waals surface area (Å²) >= 11 is 1.40. The van der Waals surface area contributed by atoms with Crippen LogP contribution in [0.5, 0.6) is 5.75 Å². The zero-order valence-corrected chi connectivity index (χ0v) is 50.8. The Labute approximate surface area is 512 Å². The highest BCUT2D eigenvalue weighted by Gasteiger charge is 2.66. The standard InChI is InChI=1S/C62H74N8O16S2/c1-36-42(40-16-17-47(66-48(40)54(75)76)69-20-18-38-10-8-11-41(43(38)27-69)53(74)67-57-65-44-12-4-5-13-46(44)87-57)26-64-70(36)35-61-30-59(2)29-60(3,31-61)33-62(32-59,34-61)84-23-21-68(22-24-88(80,81)82)58(79)83-28-39-15-14-37(9-6-7-19-63)25-45(39)85-56-51(73)49(71)50(72)52(86-56)55(77)78/h4-5,8,10-17,25-26,49-52,56,71-73H,6-7,9,18-24,27-35,63H2,1-3H3,(H,75,76)(H,77,78)(H,65,67,74)(H,80,81,82)/t49-,50-,51+,52-,56+,59?,60?,61?,62?/m0/s1. The van der Waals surface area contributed by atoms with Crippen LogP contribution in [0.2, 0.25) is 0 Å². The number of amides is 2. The third-order valence-corrected chi connectivity index (χ3v) is 19.7. The molecule has 4 aliphatic carbocycles. The predicted molar refractivity (Wildman–Crippen MR) is 323 cm³/mol. The minimum Gasteiger partial charge on any atom is -0.479 e. The predicted octanol–water partition coefficient (Wildman–Crippen LogP) is 6.59. The third-order valence-electron chi connectivity index (χ3n) is 18.1. The minimum absolute atomic E-state index is 0.0120. The fraction of sp³-hybridized carbons (Fsp3) is 0.500. The van der Waals surface area contributed by atoms with E-state index in [0.717, 1.165) is 69.6 Å². The van der Waals surface area contributed by atoms with Crippen LogP contribution in [-0.2, 0) is 61.7 Å². The van der Waals surface area contributed by atoms with Gasteiger partial charge >= 0.3 is 18.0 Å². The van der Waals surface area contributed by atoms with Gasteiger partial charge in [-0.3, -0.25) is 19.3 Å². The monoisotopic (exact) mass is 1250 g/mol. The second kappa shape index (κ2) is 24.7. The number of aliphatic hydroxyl groups excluding tert-OH is 3. The van der Waals surface area contributed by atoms with Crippen molar-refractivity contribution in [3.63, 3.8) is 0 Å². The molecule has 88 heavy (non-hydrogen) atoms. The number of ether oxygens (including phenoxy) is 4. The van der Waals surface area contributed by atoms with Crippen molar-refractivity contribution < 1.29 is 76.6 Å². The molecule has 2 amide bonds. The number of carboxylic acid groups (broad SMARTS) is 2. The minimum atomic E-state index is -4.55. The number of aryl methyl sites for hydroxylation is 1. The number of aliphatic hydroxyl groups is 3. The average Bonchev–Trinajstić information content (AvgIpc) is 1.34. The molecule has 5 fully saturated rings. The molecule has 26 heteroatoms. The van der Waals surface area contributed by atoms with Crippen LogP contribution in [0.15, 0.2) is 79.0 Å². The molecule has 6 aliphatic rings. The number of rotatable bonds is 23. The largest absolute Gasteiger partial charge is 0.479 e. The van der Waals surface area contributed by atoms with E-state index in [0.29, 0.717) is 85.9 Å². The molecule has 4 bridgehead atoms. The van der Waals surface area contributed by atoms with Gasteiger partial charge in [0.2, 0.25) is 6.29 Å². The summed E-state index contributed by atoms with van der Waals surface area (Å²) in [6.07, 6.45) is -1.25. The summed E-state index contributed by atoms with van der Waals surface area (Å²) in [6.45, 7) is 7.32. The second-order valence-corrected chi connectivity index (χ2v) is 27.9. The first-order chi connectivity index (χ1) is 41.8. The van der Waals surface area contributed by atoms with Crippen molar-refractivity contribution >= 4 is 66.6 Å². The lowest BCUT2D eigenvalue weighted by Gasteiger charge is -2.69. The Bertz CT molecular complexity index is 3710. The summed E-state index contributed by atoms with van der Waals surface area (Å²) in [5, 5.41) is 60.3. The lowest BCUT2D eigenvalue weighted by Crippen LogP contribution is -2.64. The van der Waals surface area contributed by atoms with Gasteiger partial charge in [-0.05, 0) is 147 Å². The van der Waals surface area contributed by atoms with Gasteiger partial charge in [0, 0.05) is 60.7 Å². The van der Waals surface area contributed by atoms with E-state index >= 15 is 0 Å². The van der Waals surface area contributed by atoms with Crippen molar-refractivity contribution in [2.45, 2.75) is 141 Å². The molecule has 6 aromatic rings. The zero-order valence-electron chi connectivity index (χ0n) is 49.2. The molecular weight excluding hydrogens is 1180 g/mol. The smallest absolute Gasteiger partial charge is 0.410 e. The number of nitrogens with two attached hydrogens (primary N) is 1. The van der Waals surface area contributed by atoms with Crippen molar-refractivity contribution in [3.8, 4) is 16.9 Å². The quantitative estimate of drug-likeness (QED) is 0.0248. The van der Waals surface area contributed by atoms with Crippen molar-refractivity contribution in [2.24, 2.45) is 22.0 Å². The molecule has 2 unspecified atom stereocenters. The number of nitrogens with one attached hydrogen (secondary N) is 1. The van der Waals surface area contributed by atoms with Crippen LogP contribution < -0.4 is 20.7 Å². The molecular formula is C62H74N8O16S2. The first kappa shape index (κ1) is 62.5. The first-order valence-corrected chi connectivity index (χ1v) is 32.0. The van der Waals surface area contributed by atoms with Crippen molar-refractivity contribution in [2.75, 3.05) is 48.8 Å². The van der Waals surface area contributed by atoms with E-state index in [1.54, 1.807) is 36.5 Å². The molecule has 12 rings (SSSR count). The number of para-hydroxylation sites is 1. The van der Waals surface area contributed by atoms with E-state index in [2.05, 4.69) is 24.1 Å². The fourth-order valence-corrected chi connectivity index (χ4v) is 16.6. The van der Waals surface area contributed by atoms with Crippen LogP contribution in [0.1, 0.15) is 114 Å². The highest BCUT2D eigenvalue weighted by atomic mass is 32.2. The number of aromatic nitrogens is 4.